The molecule has 2 aromatic carbocycles. The highest BCUT2D eigenvalue weighted by Gasteiger charge is 2.28. The molecule has 162 valence electrons. The normalized spacial score (nSPS) is 13.9. The molecule has 0 fully saturated rings. The van der Waals surface area contributed by atoms with Crippen molar-refractivity contribution in [1.82, 2.24) is 0 Å². The summed E-state index contributed by atoms with van der Waals surface area (Å²) in [6.07, 6.45) is 2.80. The van der Waals surface area contributed by atoms with Crippen molar-refractivity contribution in [3.63, 3.8) is 0 Å². The molecule has 0 saturated heterocycles. The fourth-order valence-electron chi connectivity index (χ4n) is 3.18. The fourth-order valence-corrected chi connectivity index (χ4v) is 3.28. The number of benzene rings is 2. The predicted octanol–water partition coefficient (Wildman–Crippen LogP) is 5.99. The SMILES string of the molecule is CCCc1ccc(C(=O)OC(C)C(Cl)C(C)OC(=O)c2ccc(CCC)cc2)cc1. The minimum absolute atomic E-state index is 0.443. The first kappa shape index (κ1) is 23.9. The molecule has 0 amide bonds. The smallest absolute Gasteiger partial charge is 0.338 e. The topological polar surface area (TPSA) is 52.6 Å². The van der Waals surface area contributed by atoms with Crippen LogP contribution in [0, 0.1) is 0 Å². The van der Waals surface area contributed by atoms with Crippen molar-refractivity contribution in [3.8, 4) is 0 Å². The summed E-state index contributed by atoms with van der Waals surface area (Å²) in [6, 6.07) is 14.8. The van der Waals surface area contributed by atoms with Crippen molar-refractivity contribution in [3.05, 3.63) is 70.8 Å². The highest BCUT2D eigenvalue weighted by Crippen LogP contribution is 2.18. The van der Waals surface area contributed by atoms with Crippen LogP contribution in [0.25, 0.3) is 0 Å². The van der Waals surface area contributed by atoms with Gasteiger partial charge < -0.3 is 9.47 Å². The Morgan fingerprint density at radius 1 is 0.733 bits per heavy atom. The van der Waals surface area contributed by atoms with Crippen LogP contribution in [0.5, 0.6) is 0 Å². The van der Waals surface area contributed by atoms with Crippen molar-refractivity contribution in [2.75, 3.05) is 0 Å². The lowest BCUT2D eigenvalue weighted by Crippen LogP contribution is -2.35. The lowest BCUT2D eigenvalue weighted by molar-refractivity contribution is 0.00956. The molecule has 0 aliphatic heterocycles. The molecule has 2 atom stereocenters. The van der Waals surface area contributed by atoms with E-state index in [4.69, 9.17) is 21.1 Å². The van der Waals surface area contributed by atoms with Gasteiger partial charge in [-0.15, -0.1) is 11.6 Å². The maximum Gasteiger partial charge on any atom is 0.338 e. The molecule has 0 aliphatic rings. The summed E-state index contributed by atoms with van der Waals surface area (Å²) in [4.78, 5) is 24.8. The van der Waals surface area contributed by atoms with Crippen LogP contribution < -0.4 is 0 Å². The van der Waals surface area contributed by atoms with Gasteiger partial charge in [0.2, 0.25) is 0 Å². The van der Waals surface area contributed by atoms with E-state index in [2.05, 4.69) is 13.8 Å². The molecule has 0 heterocycles. The first-order chi connectivity index (χ1) is 14.3. The van der Waals surface area contributed by atoms with Crippen LogP contribution in [0.3, 0.4) is 0 Å². The predicted molar refractivity (Wildman–Crippen MR) is 120 cm³/mol. The van der Waals surface area contributed by atoms with Crippen LogP contribution in [0.2, 0.25) is 0 Å². The minimum Gasteiger partial charge on any atom is -0.457 e. The van der Waals surface area contributed by atoms with E-state index in [1.807, 2.05) is 24.3 Å². The Labute approximate surface area is 184 Å². The molecule has 5 heteroatoms. The van der Waals surface area contributed by atoms with E-state index >= 15 is 0 Å². The van der Waals surface area contributed by atoms with E-state index in [0.717, 1.165) is 25.7 Å². The van der Waals surface area contributed by atoms with E-state index in [0.29, 0.717) is 11.1 Å². The number of rotatable bonds is 10. The molecule has 0 aromatic heterocycles. The van der Waals surface area contributed by atoms with Crippen LogP contribution in [0.1, 0.15) is 72.4 Å². The third-order valence-electron chi connectivity index (χ3n) is 4.94. The van der Waals surface area contributed by atoms with Crippen molar-refractivity contribution >= 4 is 23.5 Å². The molecule has 2 rings (SSSR count). The third-order valence-corrected chi connectivity index (χ3v) is 5.65. The van der Waals surface area contributed by atoms with Gasteiger partial charge >= 0.3 is 11.9 Å². The van der Waals surface area contributed by atoms with Crippen molar-refractivity contribution in [2.24, 2.45) is 0 Å². The van der Waals surface area contributed by atoms with Gasteiger partial charge in [-0.3, -0.25) is 0 Å². The maximum atomic E-state index is 12.4. The lowest BCUT2D eigenvalue weighted by atomic mass is 10.1. The number of halogens is 1. The van der Waals surface area contributed by atoms with E-state index in [1.165, 1.54) is 11.1 Å². The molecular weight excluding hydrogens is 400 g/mol. The van der Waals surface area contributed by atoms with Gasteiger partial charge in [0.25, 0.3) is 0 Å². The summed E-state index contributed by atoms with van der Waals surface area (Å²) < 4.78 is 11.0. The molecule has 2 unspecified atom stereocenters. The van der Waals surface area contributed by atoms with Gasteiger partial charge in [-0.05, 0) is 62.1 Å². The van der Waals surface area contributed by atoms with Crippen LogP contribution in [0.15, 0.2) is 48.5 Å². The molecule has 2 aromatic rings. The molecule has 0 bridgehead atoms. The summed E-state index contributed by atoms with van der Waals surface area (Å²) in [6.45, 7) is 7.62. The Kier molecular flexibility index (Phi) is 9.38. The molecule has 0 spiro atoms. The lowest BCUT2D eigenvalue weighted by Gasteiger charge is -2.24. The molecule has 0 aliphatic carbocycles. The summed E-state index contributed by atoms with van der Waals surface area (Å²) in [7, 11) is 0. The molecule has 4 nitrogen and oxygen atoms in total. The first-order valence-corrected chi connectivity index (χ1v) is 11.0. The second kappa shape index (κ2) is 11.8. The van der Waals surface area contributed by atoms with Gasteiger partial charge in [-0.25, -0.2) is 9.59 Å². The first-order valence-electron chi connectivity index (χ1n) is 10.6. The minimum atomic E-state index is -0.670. The maximum absolute atomic E-state index is 12.4. The zero-order chi connectivity index (χ0) is 22.1. The van der Waals surface area contributed by atoms with Gasteiger partial charge in [-0.1, -0.05) is 51.0 Å². The zero-order valence-corrected chi connectivity index (χ0v) is 18.9. The summed E-state index contributed by atoms with van der Waals surface area (Å²) in [5.41, 5.74) is 3.31. The highest BCUT2D eigenvalue weighted by atomic mass is 35.5. The number of alkyl halides is 1. The number of aryl methyl sites for hydroxylation is 2. The summed E-state index contributed by atoms with van der Waals surface area (Å²) in [5, 5.41) is -0.670. The van der Waals surface area contributed by atoms with Gasteiger partial charge in [0, 0.05) is 0 Å². The van der Waals surface area contributed by atoms with Gasteiger partial charge in [-0.2, -0.15) is 0 Å². The number of ether oxygens (including phenoxy) is 2. The average molecular weight is 431 g/mol. The number of hydrogen-bond donors (Lipinski definition) is 0. The van der Waals surface area contributed by atoms with Crippen LogP contribution in [-0.2, 0) is 22.3 Å². The van der Waals surface area contributed by atoms with Gasteiger partial charge in [0.05, 0.1) is 11.1 Å². The molecule has 0 radical (unpaired) electrons. The third kappa shape index (κ3) is 6.88. The second-order valence-electron chi connectivity index (χ2n) is 7.56. The molecular formula is C25H31ClO4. The van der Waals surface area contributed by atoms with Crippen molar-refractivity contribution < 1.29 is 19.1 Å². The largest absolute Gasteiger partial charge is 0.457 e. The molecule has 0 saturated carbocycles. The van der Waals surface area contributed by atoms with Gasteiger partial charge in [0.15, 0.2) is 0 Å². The zero-order valence-electron chi connectivity index (χ0n) is 18.2. The number of carbonyl (C=O) groups is 2. The number of carbonyl (C=O) groups excluding carboxylic acids is 2. The summed E-state index contributed by atoms with van der Waals surface area (Å²) in [5.74, 6) is -0.887. The number of hydrogen-bond acceptors (Lipinski definition) is 4. The number of esters is 2. The monoisotopic (exact) mass is 430 g/mol. The Bertz CT molecular complexity index is 745. The van der Waals surface area contributed by atoms with E-state index in [1.54, 1.807) is 38.1 Å². The Morgan fingerprint density at radius 3 is 1.37 bits per heavy atom. The highest BCUT2D eigenvalue weighted by molar-refractivity contribution is 6.21. The summed E-state index contributed by atoms with van der Waals surface area (Å²) >= 11 is 6.42. The Hall–Kier alpha value is -2.33. The van der Waals surface area contributed by atoms with E-state index in [-0.39, 0.29) is 0 Å². The van der Waals surface area contributed by atoms with Crippen molar-refractivity contribution in [2.45, 2.75) is 71.0 Å². The average Bonchev–Trinajstić information content (AvgIpc) is 2.74. The van der Waals surface area contributed by atoms with Crippen molar-refractivity contribution in [1.29, 1.82) is 0 Å². The molecule has 30 heavy (non-hydrogen) atoms. The van der Waals surface area contributed by atoms with Crippen LogP contribution in [0.4, 0.5) is 0 Å². The second-order valence-corrected chi connectivity index (χ2v) is 8.06. The van der Waals surface area contributed by atoms with E-state index in [9.17, 15) is 9.59 Å². The Balaban J connectivity index is 1.90. The molecule has 0 N–H and O–H groups in total. The quantitative estimate of drug-likeness (QED) is 0.343. The Morgan fingerprint density at radius 2 is 1.07 bits per heavy atom. The van der Waals surface area contributed by atoms with Crippen LogP contribution in [-0.4, -0.2) is 29.5 Å². The van der Waals surface area contributed by atoms with E-state index < -0.39 is 29.5 Å². The fraction of sp³-hybridized carbons (Fsp3) is 0.440. The van der Waals surface area contributed by atoms with Gasteiger partial charge in [0.1, 0.15) is 17.6 Å². The standard InChI is InChI=1S/C25H31ClO4/c1-5-7-19-9-13-21(14-10-19)24(27)29-17(3)23(26)18(4)30-25(28)22-15-11-20(8-6-2)12-16-22/h9-18,23H,5-8H2,1-4H3. The van der Waals surface area contributed by atoms with Crippen LogP contribution >= 0.6 is 11.6 Å².